The Balaban J connectivity index is 2.26. The number of ether oxygens (including phenoxy) is 2. The number of para-hydroxylation sites is 2. The minimum Gasteiger partial charge on any atom is -0.480 e. The first-order chi connectivity index (χ1) is 7.51. The highest BCUT2D eigenvalue weighted by molar-refractivity contribution is 5.41. The molecule has 0 bridgehead atoms. The molecule has 1 aliphatic rings. The standard InChI is InChI=1S/C13H18O3/c1-9(2)8-13(14)10(3)15-11-6-4-5-7-12(11)16-13/h4-7,9-10,14H,8H2,1-3H3. The minimum absolute atomic E-state index is 0.348. The van der Waals surface area contributed by atoms with Crippen molar-refractivity contribution in [1.82, 2.24) is 0 Å². The molecule has 0 saturated heterocycles. The maximum Gasteiger partial charge on any atom is 0.245 e. The average Bonchev–Trinajstić information content (AvgIpc) is 2.18. The van der Waals surface area contributed by atoms with E-state index in [1.54, 1.807) is 0 Å². The summed E-state index contributed by atoms with van der Waals surface area (Å²) in [6, 6.07) is 7.42. The molecule has 1 aliphatic heterocycles. The predicted molar refractivity (Wildman–Crippen MR) is 61.6 cm³/mol. The lowest BCUT2D eigenvalue weighted by atomic mass is 9.97. The van der Waals surface area contributed by atoms with E-state index in [0.29, 0.717) is 23.8 Å². The van der Waals surface area contributed by atoms with Gasteiger partial charge in [-0.25, -0.2) is 0 Å². The quantitative estimate of drug-likeness (QED) is 0.835. The number of hydrogen-bond donors (Lipinski definition) is 1. The van der Waals surface area contributed by atoms with Crippen molar-refractivity contribution in [2.75, 3.05) is 0 Å². The summed E-state index contributed by atoms with van der Waals surface area (Å²) in [4.78, 5) is 0. The van der Waals surface area contributed by atoms with Gasteiger partial charge >= 0.3 is 0 Å². The van der Waals surface area contributed by atoms with Crippen LogP contribution in [0.15, 0.2) is 24.3 Å². The maximum atomic E-state index is 10.4. The highest BCUT2D eigenvalue weighted by Gasteiger charge is 2.42. The van der Waals surface area contributed by atoms with Crippen LogP contribution in [0.4, 0.5) is 0 Å². The zero-order valence-electron chi connectivity index (χ0n) is 9.93. The van der Waals surface area contributed by atoms with Gasteiger partial charge in [0.15, 0.2) is 17.6 Å². The van der Waals surface area contributed by atoms with Crippen LogP contribution in [0, 0.1) is 5.92 Å². The number of rotatable bonds is 2. The maximum absolute atomic E-state index is 10.4. The van der Waals surface area contributed by atoms with Gasteiger partial charge in [0.2, 0.25) is 5.79 Å². The van der Waals surface area contributed by atoms with Crippen molar-refractivity contribution in [2.45, 2.75) is 39.1 Å². The Kier molecular flexibility index (Phi) is 2.80. The van der Waals surface area contributed by atoms with Crippen molar-refractivity contribution >= 4 is 0 Å². The predicted octanol–water partition coefficient (Wildman–Crippen LogP) is 2.58. The van der Waals surface area contributed by atoms with Crippen LogP contribution in [0.25, 0.3) is 0 Å². The van der Waals surface area contributed by atoms with E-state index < -0.39 is 5.79 Å². The first-order valence-corrected chi connectivity index (χ1v) is 5.68. The molecule has 0 saturated carbocycles. The summed E-state index contributed by atoms with van der Waals surface area (Å²) in [5, 5.41) is 10.4. The molecule has 2 rings (SSSR count). The van der Waals surface area contributed by atoms with E-state index >= 15 is 0 Å². The van der Waals surface area contributed by atoms with Crippen molar-refractivity contribution < 1.29 is 14.6 Å². The van der Waals surface area contributed by atoms with E-state index in [4.69, 9.17) is 9.47 Å². The SMILES string of the molecule is CC(C)CC1(O)Oc2ccccc2OC1C. The smallest absolute Gasteiger partial charge is 0.245 e. The van der Waals surface area contributed by atoms with Crippen molar-refractivity contribution in [3.05, 3.63) is 24.3 Å². The topological polar surface area (TPSA) is 38.7 Å². The van der Waals surface area contributed by atoms with Gasteiger partial charge in [0.05, 0.1) is 0 Å². The molecule has 0 amide bonds. The lowest BCUT2D eigenvalue weighted by molar-refractivity contribution is -0.216. The van der Waals surface area contributed by atoms with Crippen molar-refractivity contribution in [1.29, 1.82) is 0 Å². The van der Waals surface area contributed by atoms with Gasteiger partial charge in [-0.3, -0.25) is 0 Å². The van der Waals surface area contributed by atoms with Crippen LogP contribution in [0.1, 0.15) is 27.2 Å². The third-order valence-electron chi connectivity index (χ3n) is 2.78. The molecule has 2 unspecified atom stereocenters. The van der Waals surface area contributed by atoms with Crippen molar-refractivity contribution in [3.63, 3.8) is 0 Å². The fourth-order valence-corrected chi connectivity index (χ4v) is 1.98. The van der Waals surface area contributed by atoms with Gasteiger partial charge in [-0.2, -0.15) is 0 Å². The zero-order valence-corrected chi connectivity index (χ0v) is 9.93. The average molecular weight is 222 g/mol. The van der Waals surface area contributed by atoms with Crippen LogP contribution in [0.2, 0.25) is 0 Å². The fourth-order valence-electron chi connectivity index (χ4n) is 1.98. The number of aliphatic hydroxyl groups is 1. The third-order valence-corrected chi connectivity index (χ3v) is 2.78. The molecule has 3 heteroatoms. The molecular weight excluding hydrogens is 204 g/mol. The number of fused-ring (bicyclic) bond motifs is 1. The van der Waals surface area contributed by atoms with E-state index in [1.165, 1.54) is 0 Å². The van der Waals surface area contributed by atoms with Gasteiger partial charge in [-0.15, -0.1) is 0 Å². The number of benzene rings is 1. The van der Waals surface area contributed by atoms with E-state index in [-0.39, 0.29) is 6.10 Å². The molecule has 0 spiro atoms. The molecule has 88 valence electrons. The lowest BCUT2D eigenvalue weighted by Gasteiger charge is -2.39. The highest BCUT2D eigenvalue weighted by atomic mass is 16.7. The van der Waals surface area contributed by atoms with Crippen LogP contribution in [0.5, 0.6) is 11.5 Å². The molecule has 0 radical (unpaired) electrons. The molecular formula is C13H18O3. The van der Waals surface area contributed by atoms with Crippen molar-refractivity contribution in [2.24, 2.45) is 5.92 Å². The largest absolute Gasteiger partial charge is 0.480 e. The third kappa shape index (κ3) is 2.00. The summed E-state index contributed by atoms with van der Waals surface area (Å²) in [6.45, 7) is 5.93. The van der Waals surface area contributed by atoms with Crippen LogP contribution >= 0.6 is 0 Å². The summed E-state index contributed by atoms with van der Waals surface area (Å²) >= 11 is 0. The Hall–Kier alpha value is -1.22. The second-order valence-corrected chi connectivity index (χ2v) is 4.75. The van der Waals surface area contributed by atoms with Gasteiger partial charge in [-0.1, -0.05) is 26.0 Å². The Morgan fingerprint density at radius 3 is 2.56 bits per heavy atom. The highest BCUT2D eigenvalue weighted by Crippen LogP contribution is 2.39. The molecule has 1 N–H and O–H groups in total. The Labute approximate surface area is 96.0 Å². The summed E-state index contributed by atoms with van der Waals surface area (Å²) in [6.07, 6.45) is 0.201. The van der Waals surface area contributed by atoms with Crippen LogP contribution in [0.3, 0.4) is 0 Å². The van der Waals surface area contributed by atoms with Crippen LogP contribution in [-0.2, 0) is 0 Å². The normalized spacial score (nSPS) is 28.2. The Bertz CT molecular complexity index is 375. The second kappa shape index (κ2) is 3.98. The summed E-state index contributed by atoms with van der Waals surface area (Å²) in [5.41, 5.74) is 0. The lowest BCUT2D eigenvalue weighted by Crippen LogP contribution is -2.52. The molecule has 3 nitrogen and oxygen atoms in total. The zero-order chi connectivity index (χ0) is 11.8. The first kappa shape index (κ1) is 11.3. The fraction of sp³-hybridized carbons (Fsp3) is 0.538. The van der Waals surface area contributed by atoms with Crippen LogP contribution < -0.4 is 9.47 Å². The van der Waals surface area contributed by atoms with Gasteiger partial charge < -0.3 is 14.6 Å². The van der Waals surface area contributed by atoms with E-state index in [0.717, 1.165) is 0 Å². The second-order valence-electron chi connectivity index (χ2n) is 4.75. The van der Waals surface area contributed by atoms with Crippen molar-refractivity contribution in [3.8, 4) is 11.5 Å². The Morgan fingerprint density at radius 2 is 1.94 bits per heavy atom. The number of hydrogen-bond acceptors (Lipinski definition) is 3. The molecule has 2 atom stereocenters. The van der Waals surface area contributed by atoms with E-state index in [1.807, 2.05) is 31.2 Å². The summed E-state index contributed by atoms with van der Waals surface area (Å²) in [7, 11) is 0. The van der Waals surface area contributed by atoms with E-state index in [2.05, 4.69) is 13.8 Å². The molecule has 16 heavy (non-hydrogen) atoms. The van der Waals surface area contributed by atoms with Gasteiger partial charge in [0, 0.05) is 6.42 Å². The van der Waals surface area contributed by atoms with Gasteiger partial charge in [0.1, 0.15) is 0 Å². The molecule has 1 aromatic rings. The first-order valence-electron chi connectivity index (χ1n) is 5.68. The molecule has 1 heterocycles. The summed E-state index contributed by atoms with van der Waals surface area (Å²) < 4.78 is 11.3. The monoisotopic (exact) mass is 222 g/mol. The molecule has 1 aromatic carbocycles. The Morgan fingerprint density at radius 1 is 1.31 bits per heavy atom. The minimum atomic E-state index is -1.22. The van der Waals surface area contributed by atoms with Gasteiger partial charge in [-0.05, 0) is 25.0 Å². The molecule has 0 aliphatic carbocycles. The summed E-state index contributed by atoms with van der Waals surface area (Å²) in [5.74, 6) is 0.441. The molecule has 0 fully saturated rings. The van der Waals surface area contributed by atoms with E-state index in [9.17, 15) is 5.11 Å². The van der Waals surface area contributed by atoms with Crippen LogP contribution in [-0.4, -0.2) is 17.0 Å². The molecule has 0 aromatic heterocycles. The van der Waals surface area contributed by atoms with Gasteiger partial charge in [0.25, 0.3) is 0 Å².